The van der Waals surface area contributed by atoms with E-state index in [0.717, 1.165) is 31.4 Å². The smallest absolute Gasteiger partial charge is 0.410 e. The lowest BCUT2D eigenvalue weighted by atomic mass is 10.2. The summed E-state index contributed by atoms with van der Waals surface area (Å²) in [5.41, 5.74) is -0.447. The SMILES string of the molecule is CC.CC(C)(C)OC(=O)N1CCCN(Sc2ccc3cnccc3c2)CC1. The third-order valence-electron chi connectivity index (χ3n) is 3.95. The van der Waals surface area contributed by atoms with Crippen molar-refractivity contribution in [2.75, 3.05) is 26.2 Å². The van der Waals surface area contributed by atoms with Crippen molar-refractivity contribution in [1.29, 1.82) is 0 Å². The molecule has 0 saturated carbocycles. The zero-order valence-electron chi connectivity index (χ0n) is 17.1. The summed E-state index contributed by atoms with van der Waals surface area (Å²) in [4.78, 5) is 19.4. The van der Waals surface area contributed by atoms with Gasteiger partial charge in [-0.3, -0.25) is 4.98 Å². The van der Waals surface area contributed by atoms with Crippen molar-refractivity contribution >= 4 is 28.8 Å². The highest BCUT2D eigenvalue weighted by molar-refractivity contribution is 7.97. The van der Waals surface area contributed by atoms with Gasteiger partial charge in [0.05, 0.1) is 0 Å². The number of amides is 1. The van der Waals surface area contributed by atoms with Gasteiger partial charge in [0, 0.05) is 48.9 Å². The maximum absolute atomic E-state index is 12.3. The van der Waals surface area contributed by atoms with Gasteiger partial charge in [-0.25, -0.2) is 9.10 Å². The van der Waals surface area contributed by atoms with Crippen molar-refractivity contribution < 1.29 is 9.53 Å². The molecule has 1 saturated heterocycles. The van der Waals surface area contributed by atoms with Crippen molar-refractivity contribution in [2.45, 2.75) is 51.5 Å². The second-order valence-corrected chi connectivity index (χ2v) is 8.40. The molecule has 1 fully saturated rings. The molecule has 1 amide bonds. The maximum Gasteiger partial charge on any atom is 0.410 e. The van der Waals surface area contributed by atoms with Crippen LogP contribution in [0.25, 0.3) is 10.8 Å². The summed E-state index contributed by atoms with van der Waals surface area (Å²) in [6.07, 6.45) is 4.44. The Kier molecular flexibility index (Phi) is 7.92. The summed E-state index contributed by atoms with van der Waals surface area (Å²) in [6.45, 7) is 12.9. The predicted octanol–water partition coefficient (Wildman–Crippen LogP) is 5.21. The number of pyridine rings is 1. The molecule has 27 heavy (non-hydrogen) atoms. The third-order valence-corrected chi connectivity index (χ3v) is 5.04. The summed E-state index contributed by atoms with van der Waals surface area (Å²) >= 11 is 1.75. The van der Waals surface area contributed by atoms with E-state index in [2.05, 4.69) is 27.5 Å². The van der Waals surface area contributed by atoms with Crippen LogP contribution in [0, 0.1) is 0 Å². The molecule has 1 aromatic carbocycles. The number of nitrogens with zero attached hydrogens (tertiary/aromatic N) is 3. The zero-order valence-corrected chi connectivity index (χ0v) is 17.9. The summed E-state index contributed by atoms with van der Waals surface area (Å²) in [7, 11) is 0. The van der Waals surface area contributed by atoms with E-state index < -0.39 is 5.60 Å². The Morgan fingerprint density at radius 1 is 1.07 bits per heavy atom. The molecule has 0 unspecified atom stereocenters. The van der Waals surface area contributed by atoms with Crippen LogP contribution in [0.3, 0.4) is 0 Å². The minimum atomic E-state index is -0.447. The zero-order chi connectivity index (χ0) is 19.9. The van der Waals surface area contributed by atoms with Gasteiger partial charge in [0.2, 0.25) is 0 Å². The molecule has 0 bridgehead atoms. The van der Waals surface area contributed by atoms with Gasteiger partial charge in [-0.15, -0.1) is 0 Å². The fraction of sp³-hybridized carbons (Fsp3) is 0.524. The van der Waals surface area contributed by atoms with E-state index in [-0.39, 0.29) is 6.09 Å². The first kappa shape index (κ1) is 21.5. The molecule has 5 nitrogen and oxygen atoms in total. The molecule has 1 aliphatic heterocycles. The van der Waals surface area contributed by atoms with Gasteiger partial charge < -0.3 is 9.64 Å². The van der Waals surface area contributed by atoms with E-state index in [1.807, 2.05) is 58.0 Å². The molecule has 0 radical (unpaired) electrons. The van der Waals surface area contributed by atoms with Gasteiger partial charge in [0.15, 0.2) is 0 Å². The van der Waals surface area contributed by atoms with E-state index in [1.54, 1.807) is 11.9 Å². The third kappa shape index (κ3) is 6.70. The standard InChI is InChI=1S/C19H25N3O2S.C2H6/c1-19(2,3)24-18(23)21-9-4-10-22(12-11-21)25-17-6-5-16-14-20-8-7-15(16)13-17;1-2/h5-8,13-14H,4,9-12H2,1-3H3;1-2H3. The number of benzene rings is 1. The van der Waals surface area contributed by atoms with Gasteiger partial charge >= 0.3 is 6.09 Å². The molecule has 0 spiro atoms. The summed E-state index contributed by atoms with van der Waals surface area (Å²) in [5, 5.41) is 2.35. The molecule has 0 aliphatic carbocycles. The van der Waals surface area contributed by atoms with Crippen molar-refractivity contribution in [3.8, 4) is 0 Å². The fourth-order valence-electron chi connectivity index (χ4n) is 2.76. The lowest BCUT2D eigenvalue weighted by molar-refractivity contribution is 0.0260. The van der Waals surface area contributed by atoms with Crippen molar-refractivity contribution in [3.05, 3.63) is 36.7 Å². The van der Waals surface area contributed by atoms with E-state index in [9.17, 15) is 4.79 Å². The normalized spacial score (nSPS) is 15.7. The van der Waals surface area contributed by atoms with Crippen LogP contribution in [0.4, 0.5) is 4.79 Å². The minimum Gasteiger partial charge on any atom is -0.444 e. The predicted molar refractivity (Wildman–Crippen MR) is 113 cm³/mol. The number of hydrogen-bond donors (Lipinski definition) is 0. The minimum absolute atomic E-state index is 0.211. The van der Waals surface area contributed by atoms with Crippen LogP contribution >= 0.6 is 11.9 Å². The second kappa shape index (κ2) is 9.95. The number of ether oxygens (including phenoxy) is 1. The van der Waals surface area contributed by atoms with E-state index >= 15 is 0 Å². The van der Waals surface area contributed by atoms with Crippen molar-refractivity contribution in [3.63, 3.8) is 0 Å². The molecule has 0 atom stereocenters. The van der Waals surface area contributed by atoms with Crippen LogP contribution in [-0.2, 0) is 4.74 Å². The Hall–Kier alpha value is -1.79. The highest BCUT2D eigenvalue weighted by Gasteiger charge is 2.24. The Balaban J connectivity index is 0.00000126. The summed E-state index contributed by atoms with van der Waals surface area (Å²) in [5.74, 6) is 0. The molecule has 6 heteroatoms. The van der Waals surface area contributed by atoms with E-state index in [0.29, 0.717) is 6.54 Å². The van der Waals surface area contributed by atoms with Crippen LogP contribution in [0.2, 0.25) is 0 Å². The van der Waals surface area contributed by atoms with Crippen LogP contribution in [0.1, 0.15) is 41.0 Å². The average Bonchev–Trinajstić information content (AvgIpc) is 2.88. The molecule has 148 valence electrons. The molecular weight excluding hydrogens is 358 g/mol. The largest absolute Gasteiger partial charge is 0.444 e. The van der Waals surface area contributed by atoms with Crippen LogP contribution in [-0.4, -0.2) is 52.1 Å². The Morgan fingerprint density at radius 2 is 1.85 bits per heavy atom. The van der Waals surface area contributed by atoms with Crippen LogP contribution in [0.15, 0.2) is 41.6 Å². The number of hydrogen-bond acceptors (Lipinski definition) is 5. The Morgan fingerprint density at radius 3 is 2.59 bits per heavy atom. The molecule has 3 rings (SSSR count). The summed E-state index contributed by atoms with van der Waals surface area (Å²) < 4.78 is 7.82. The number of carbonyl (C=O) groups excluding carboxylic acids is 1. The van der Waals surface area contributed by atoms with Gasteiger partial charge in [-0.05, 0) is 62.7 Å². The fourth-order valence-corrected chi connectivity index (χ4v) is 3.76. The van der Waals surface area contributed by atoms with Crippen LogP contribution in [0.5, 0.6) is 0 Å². The van der Waals surface area contributed by atoms with Gasteiger partial charge in [0.25, 0.3) is 0 Å². The van der Waals surface area contributed by atoms with Gasteiger partial charge in [0.1, 0.15) is 5.60 Å². The first-order valence-corrected chi connectivity index (χ1v) is 10.4. The maximum atomic E-state index is 12.3. The molecule has 1 aliphatic rings. The average molecular weight is 390 g/mol. The number of fused-ring (bicyclic) bond motifs is 1. The highest BCUT2D eigenvalue weighted by atomic mass is 32.2. The summed E-state index contributed by atoms with van der Waals surface area (Å²) in [6, 6.07) is 8.46. The first-order chi connectivity index (χ1) is 12.9. The molecule has 1 aromatic heterocycles. The lowest BCUT2D eigenvalue weighted by Gasteiger charge is -2.26. The highest BCUT2D eigenvalue weighted by Crippen LogP contribution is 2.27. The first-order valence-electron chi connectivity index (χ1n) is 9.65. The topological polar surface area (TPSA) is 45.7 Å². The second-order valence-electron chi connectivity index (χ2n) is 7.23. The number of aromatic nitrogens is 1. The number of carbonyl (C=O) groups is 1. The molecule has 2 aromatic rings. The monoisotopic (exact) mass is 389 g/mol. The lowest BCUT2D eigenvalue weighted by Crippen LogP contribution is -2.38. The van der Waals surface area contributed by atoms with Crippen LogP contribution < -0.4 is 0 Å². The van der Waals surface area contributed by atoms with Crippen molar-refractivity contribution in [2.24, 2.45) is 0 Å². The Bertz CT molecular complexity index is 746. The Labute approximate surface area is 167 Å². The van der Waals surface area contributed by atoms with E-state index in [4.69, 9.17) is 4.74 Å². The quantitative estimate of drug-likeness (QED) is 0.660. The molecule has 0 N–H and O–H groups in total. The number of rotatable bonds is 2. The van der Waals surface area contributed by atoms with Gasteiger partial charge in [-0.2, -0.15) is 0 Å². The van der Waals surface area contributed by atoms with Gasteiger partial charge in [-0.1, -0.05) is 19.9 Å². The van der Waals surface area contributed by atoms with Crippen molar-refractivity contribution in [1.82, 2.24) is 14.2 Å². The van der Waals surface area contributed by atoms with E-state index in [1.165, 1.54) is 10.3 Å². The molecule has 2 heterocycles. The molecular formula is C21H31N3O2S.